The van der Waals surface area contributed by atoms with Gasteiger partial charge in [0.15, 0.2) is 17.3 Å². The molecule has 3 aromatic rings. The van der Waals surface area contributed by atoms with Gasteiger partial charge in [0.1, 0.15) is 11.5 Å². The molecular formula is C14H10N4O4S. The molecule has 2 aromatic heterocycles. The summed E-state index contributed by atoms with van der Waals surface area (Å²) in [6.45, 7) is -0.0502. The summed E-state index contributed by atoms with van der Waals surface area (Å²) >= 11 is 1.36. The molecule has 23 heavy (non-hydrogen) atoms. The number of fused-ring (bicyclic) bond motifs is 1. The summed E-state index contributed by atoms with van der Waals surface area (Å²) in [7, 11) is 0. The Balaban J connectivity index is 1.59. The van der Waals surface area contributed by atoms with Crippen LogP contribution in [0, 0.1) is 0 Å². The van der Waals surface area contributed by atoms with E-state index in [0.717, 1.165) is 9.36 Å². The van der Waals surface area contributed by atoms with Crippen molar-refractivity contribution in [2.24, 2.45) is 0 Å². The van der Waals surface area contributed by atoms with E-state index in [9.17, 15) is 9.59 Å². The van der Waals surface area contributed by atoms with Crippen molar-refractivity contribution in [3.05, 3.63) is 51.8 Å². The Kier molecular flexibility index (Phi) is 3.19. The highest BCUT2D eigenvalue weighted by Gasteiger charge is 2.18. The van der Waals surface area contributed by atoms with Gasteiger partial charge in [-0.15, -0.1) is 11.3 Å². The first-order valence-electron chi connectivity index (χ1n) is 6.72. The van der Waals surface area contributed by atoms with Crippen molar-refractivity contribution in [2.45, 2.75) is 6.54 Å². The number of carbonyl (C=O) groups is 1. The van der Waals surface area contributed by atoms with Crippen LogP contribution in [-0.4, -0.2) is 32.4 Å². The molecule has 0 N–H and O–H groups in total. The SMILES string of the molecule is O=C(Cn1nnn(-c2cccs2)c1=O)c1ccc2c(c1)OCO2. The third kappa shape index (κ3) is 2.40. The molecule has 3 heterocycles. The van der Waals surface area contributed by atoms with Crippen molar-refractivity contribution >= 4 is 17.1 Å². The minimum absolute atomic E-state index is 0.140. The molecule has 0 unspecified atom stereocenters. The lowest BCUT2D eigenvalue weighted by Gasteiger charge is -2.01. The first-order valence-corrected chi connectivity index (χ1v) is 7.60. The van der Waals surface area contributed by atoms with Gasteiger partial charge in [-0.05, 0) is 46.1 Å². The van der Waals surface area contributed by atoms with Crippen LogP contribution in [0.2, 0.25) is 0 Å². The fraction of sp³-hybridized carbons (Fsp3) is 0.143. The van der Waals surface area contributed by atoms with E-state index in [1.807, 2.05) is 11.4 Å². The number of benzene rings is 1. The summed E-state index contributed by atoms with van der Waals surface area (Å²) in [6, 6.07) is 8.46. The van der Waals surface area contributed by atoms with E-state index in [1.165, 1.54) is 11.3 Å². The van der Waals surface area contributed by atoms with Gasteiger partial charge < -0.3 is 9.47 Å². The number of ketones is 1. The van der Waals surface area contributed by atoms with Crippen LogP contribution in [0.5, 0.6) is 11.5 Å². The molecule has 9 heteroatoms. The Morgan fingerprint density at radius 3 is 2.91 bits per heavy atom. The zero-order chi connectivity index (χ0) is 15.8. The van der Waals surface area contributed by atoms with Crippen LogP contribution in [0.1, 0.15) is 10.4 Å². The third-order valence-corrected chi connectivity index (χ3v) is 4.19. The van der Waals surface area contributed by atoms with Gasteiger partial charge in [0.05, 0.1) is 0 Å². The second-order valence-electron chi connectivity index (χ2n) is 4.77. The monoisotopic (exact) mass is 330 g/mol. The second kappa shape index (κ2) is 5.36. The predicted octanol–water partition coefficient (Wildman–Crippen LogP) is 1.10. The normalized spacial score (nSPS) is 12.5. The number of hydrogen-bond acceptors (Lipinski definition) is 7. The topological polar surface area (TPSA) is 88.2 Å². The maximum atomic E-state index is 12.3. The number of hydrogen-bond donors (Lipinski definition) is 0. The van der Waals surface area contributed by atoms with Gasteiger partial charge in [0, 0.05) is 5.56 Å². The van der Waals surface area contributed by atoms with Crippen molar-refractivity contribution in [1.29, 1.82) is 0 Å². The van der Waals surface area contributed by atoms with E-state index in [2.05, 4.69) is 10.4 Å². The summed E-state index contributed by atoms with van der Waals surface area (Å²) in [6.07, 6.45) is 0. The fourth-order valence-electron chi connectivity index (χ4n) is 2.20. The van der Waals surface area contributed by atoms with Crippen LogP contribution in [0.4, 0.5) is 0 Å². The maximum Gasteiger partial charge on any atom is 0.369 e. The number of aromatic nitrogens is 4. The van der Waals surface area contributed by atoms with E-state index >= 15 is 0 Å². The molecule has 116 valence electrons. The van der Waals surface area contributed by atoms with Gasteiger partial charge in [-0.25, -0.2) is 4.79 Å². The van der Waals surface area contributed by atoms with Gasteiger partial charge in [0.2, 0.25) is 6.79 Å². The highest BCUT2D eigenvalue weighted by atomic mass is 32.1. The molecule has 0 saturated heterocycles. The summed E-state index contributed by atoms with van der Waals surface area (Å²) in [5.74, 6) is 0.858. The number of thiophene rings is 1. The zero-order valence-electron chi connectivity index (χ0n) is 11.7. The molecule has 1 aliphatic rings. The van der Waals surface area contributed by atoms with E-state index in [0.29, 0.717) is 22.1 Å². The second-order valence-corrected chi connectivity index (χ2v) is 5.70. The standard InChI is InChI=1S/C14H10N4O4S/c19-10(9-3-4-11-12(6-9)22-8-21-11)7-17-14(20)18(16-15-17)13-2-1-5-23-13/h1-6H,7-8H2. The number of nitrogens with zero attached hydrogens (tertiary/aromatic N) is 4. The lowest BCUT2D eigenvalue weighted by Crippen LogP contribution is -2.27. The van der Waals surface area contributed by atoms with Crippen molar-refractivity contribution in [1.82, 2.24) is 19.8 Å². The number of ether oxygens (including phenoxy) is 2. The molecule has 1 aromatic carbocycles. The van der Waals surface area contributed by atoms with Crippen LogP contribution in [0.3, 0.4) is 0 Å². The Morgan fingerprint density at radius 2 is 2.09 bits per heavy atom. The van der Waals surface area contributed by atoms with Crippen molar-refractivity contribution in [3.8, 4) is 16.5 Å². The average Bonchev–Trinajstić information content (AvgIpc) is 3.28. The highest BCUT2D eigenvalue weighted by molar-refractivity contribution is 7.12. The van der Waals surface area contributed by atoms with E-state index in [1.54, 1.807) is 24.3 Å². The number of carbonyl (C=O) groups excluding carboxylic acids is 1. The number of Topliss-reactive ketones (excluding diaryl/α,β-unsaturated/α-hetero) is 1. The van der Waals surface area contributed by atoms with Crippen LogP contribution >= 0.6 is 11.3 Å². The Labute approximate surface area is 133 Å². The molecule has 0 spiro atoms. The minimum atomic E-state index is -0.457. The van der Waals surface area contributed by atoms with E-state index in [4.69, 9.17) is 9.47 Å². The van der Waals surface area contributed by atoms with Gasteiger partial charge in [-0.3, -0.25) is 4.79 Å². The summed E-state index contributed by atoms with van der Waals surface area (Å²) in [4.78, 5) is 24.6. The predicted molar refractivity (Wildman–Crippen MR) is 80.4 cm³/mol. The molecule has 0 fully saturated rings. The number of rotatable bonds is 4. The minimum Gasteiger partial charge on any atom is -0.454 e. The summed E-state index contributed by atoms with van der Waals surface area (Å²) in [5.41, 5.74) is -0.0339. The van der Waals surface area contributed by atoms with Gasteiger partial charge in [-0.1, -0.05) is 0 Å². The molecule has 0 amide bonds. The van der Waals surface area contributed by atoms with Crippen molar-refractivity contribution in [2.75, 3.05) is 6.79 Å². The quantitative estimate of drug-likeness (QED) is 0.666. The van der Waals surface area contributed by atoms with Crippen molar-refractivity contribution < 1.29 is 14.3 Å². The molecule has 0 radical (unpaired) electrons. The van der Waals surface area contributed by atoms with Gasteiger partial charge in [-0.2, -0.15) is 9.36 Å². The van der Waals surface area contributed by atoms with E-state index < -0.39 is 5.69 Å². The first-order chi connectivity index (χ1) is 11.2. The van der Waals surface area contributed by atoms with Crippen LogP contribution in [0.25, 0.3) is 5.00 Å². The molecular weight excluding hydrogens is 320 g/mol. The van der Waals surface area contributed by atoms with Crippen LogP contribution < -0.4 is 15.2 Å². The Morgan fingerprint density at radius 1 is 1.22 bits per heavy atom. The molecule has 0 atom stereocenters. The third-order valence-electron chi connectivity index (χ3n) is 3.34. The summed E-state index contributed by atoms with van der Waals surface area (Å²) in [5, 5.41) is 10.0. The Bertz CT molecular complexity index is 929. The van der Waals surface area contributed by atoms with Crippen LogP contribution in [0.15, 0.2) is 40.5 Å². The zero-order valence-corrected chi connectivity index (χ0v) is 12.5. The highest BCUT2D eigenvalue weighted by Crippen LogP contribution is 2.32. The lowest BCUT2D eigenvalue weighted by molar-refractivity contribution is 0.0965. The van der Waals surface area contributed by atoms with Crippen LogP contribution in [-0.2, 0) is 6.54 Å². The number of tetrazole rings is 1. The molecule has 0 saturated carbocycles. The Hall–Kier alpha value is -2.94. The average molecular weight is 330 g/mol. The van der Waals surface area contributed by atoms with E-state index in [-0.39, 0.29) is 19.1 Å². The maximum absolute atomic E-state index is 12.3. The first kappa shape index (κ1) is 13.7. The molecule has 1 aliphatic heterocycles. The molecule has 8 nitrogen and oxygen atoms in total. The summed E-state index contributed by atoms with van der Waals surface area (Å²) < 4.78 is 12.6. The smallest absolute Gasteiger partial charge is 0.369 e. The molecule has 0 aliphatic carbocycles. The molecule has 0 bridgehead atoms. The van der Waals surface area contributed by atoms with Gasteiger partial charge >= 0.3 is 5.69 Å². The van der Waals surface area contributed by atoms with Gasteiger partial charge in [0.25, 0.3) is 0 Å². The fourth-order valence-corrected chi connectivity index (χ4v) is 2.87. The van der Waals surface area contributed by atoms with Crippen molar-refractivity contribution in [3.63, 3.8) is 0 Å². The molecule has 4 rings (SSSR count). The lowest BCUT2D eigenvalue weighted by atomic mass is 10.1. The largest absolute Gasteiger partial charge is 0.454 e.